The van der Waals surface area contributed by atoms with Gasteiger partial charge in [0.05, 0.1) is 125 Å². The number of phenolic OH excluding ortho intramolecular Hbond substituents is 3. The number of amides is 3. The Morgan fingerprint density at radius 2 is 0.622 bits per heavy atom. The molecule has 696 valence electrons. The Morgan fingerprint density at radius 1 is 0.378 bits per heavy atom. The summed E-state index contributed by atoms with van der Waals surface area (Å²) in [6.07, 6.45) is 8.38. The van der Waals surface area contributed by atoms with Crippen LogP contribution < -0.4 is 31.4 Å². The van der Waals surface area contributed by atoms with Gasteiger partial charge in [0, 0.05) is 113 Å². The van der Waals surface area contributed by atoms with Crippen molar-refractivity contribution < 1.29 is 60.4 Å². The highest BCUT2D eigenvalue weighted by molar-refractivity contribution is 6.45. The van der Waals surface area contributed by atoms with E-state index in [1.165, 1.54) is 45.6 Å². The predicted octanol–water partition coefficient (Wildman–Crippen LogP) is 19.1. The number of fused-ring (bicyclic) bond motifs is 3. The van der Waals surface area contributed by atoms with Gasteiger partial charge in [-0.05, 0) is 110 Å². The third-order valence-electron chi connectivity index (χ3n) is 23.0. The molecule has 9 aromatic heterocycles. The lowest BCUT2D eigenvalue weighted by Crippen LogP contribution is -2.49. The van der Waals surface area contributed by atoms with Gasteiger partial charge in [-0.1, -0.05) is 154 Å². The third kappa shape index (κ3) is 17.7. The fourth-order valence-electron chi connectivity index (χ4n) is 16.4. The number of hydrogen-bond acceptors (Lipinski definition) is 21. The van der Waals surface area contributed by atoms with Gasteiger partial charge in [-0.25, -0.2) is 41.3 Å². The first-order chi connectivity index (χ1) is 64.0. The minimum absolute atomic E-state index is 0.0357. The number of carbonyl (C=O) groups excluding carboxylic acids is 3. The maximum Gasteiger partial charge on any atom is 0.276 e. The Labute approximate surface area is 804 Å². The monoisotopic (exact) mass is 2000 g/mol. The van der Waals surface area contributed by atoms with Gasteiger partial charge >= 0.3 is 0 Å². The van der Waals surface area contributed by atoms with Gasteiger partial charge in [0.25, 0.3) is 16.7 Å². The molecule has 0 saturated carbocycles. The van der Waals surface area contributed by atoms with E-state index >= 15 is 13.2 Å². The molecule has 3 aromatic carbocycles. The number of benzene rings is 3. The first-order valence-corrected chi connectivity index (χ1v) is 44.1. The van der Waals surface area contributed by atoms with E-state index in [2.05, 4.69) is 49.6 Å². The van der Waals surface area contributed by atoms with Crippen molar-refractivity contribution in [2.24, 2.45) is 0 Å². The van der Waals surface area contributed by atoms with Crippen LogP contribution in [0.3, 0.4) is 0 Å². The molecule has 42 heteroatoms. The Hall–Kier alpha value is -13.1. The molecule has 135 heavy (non-hydrogen) atoms. The summed E-state index contributed by atoms with van der Waals surface area (Å²) >= 11 is 50.5. The number of rotatable bonds is 15. The molecule has 3 aliphatic heterocycles. The molecule has 3 N–H and O–H groups in total. The summed E-state index contributed by atoms with van der Waals surface area (Å²) in [5.41, 5.74) is -1.17. The zero-order chi connectivity index (χ0) is 98.7. The first-order valence-electron chi connectivity index (χ1n) is 41.1. The minimum atomic E-state index is -1.89. The van der Waals surface area contributed by atoms with Crippen LogP contribution in [0.15, 0.2) is 107 Å². The summed E-state index contributed by atoms with van der Waals surface area (Å²) in [5.74, 6) is -16.8. The van der Waals surface area contributed by atoms with E-state index in [0.717, 1.165) is 4.57 Å². The van der Waals surface area contributed by atoms with Gasteiger partial charge in [-0.2, -0.15) is 20.2 Å². The number of aromatic nitrogens is 9. The van der Waals surface area contributed by atoms with Crippen LogP contribution in [0, 0.1) is 95.5 Å². The van der Waals surface area contributed by atoms with Crippen LogP contribution >= 0.6 is 92.8 Å². The number of phenols is 3. The Bertz CT molecular complexity index is 6650. The maximum atomic E-state index is 15.4. The number of piperazine rings is 3. The van der Waals surface area contributed by atoms with Crippen molar-refractivity contribution >= 4 is 161 Å². The summed E-state index contributed by atoms with van der Waals surface area (Å²) in [4.78, 5) is 117. The van der Waals surface area contributed by atoms with Crippen LogP contribution in [0.1, 0.15) is 110 Å². The van der Waals surface area contributed by atoms with Crippen molar-refractivity contribution in [2.75, 3.05) is 93.2 Å². The van der Waals surface area contributed by atoms with Gasteiger partial charge < -0.3 is 44.7 Å². The SMILES string of the molecule is C=CC(=O)N1CCN(c2c(C#N)c(=O)n(-c3c(C)ccnc3C(C)C)c3nc(-c4c(F)c(O)c(F)c(Cl)c4Cl)c(Cl)cc23)CC1.C=CC(=O)N1CCN(c2c(C#N)c(=O)n(-c3c(C)ccnc3C(C)C)c3nc(-c4c(F)c(O)c(F)c(Cl)c4Cl)c(Cl)cc23)CC1.C=CC(=O)N1CCN(c2c(C#N)c(=O)n(-c3c(C)ccnc3C(C)C)c3nc(-c4c(F)c(O)c(F)c(F)c4Cl)c(Cl)cc23)CC1. The second kappa shape index (κ2) is 39.8. The number of pyridine rings is 9. The summed E-state index contributed by atoms with van der Waals surface area (Å²) in [6.45, 7) is 30.2. The zero-order valence-electron chi connectivity index (χ0n) is 72.8. The molecule has 0 atom stereocenters. The van der Waals surface area contributed by atoms with Crippen molar-refractivity contribution in [1.82, 2.24) is 58.3 Å². The highest BCUT2D eigenvalue weighted by Crippen LogP contribution is 2.50. The molecular weight excluding hydrogens is 1930 g/mol. The molecule has 3 aliphatic rings. The molecule has 3 saturated heterocycles. The van der Waals surface area contributed by atoms with Gasteiger partial charge in [0.1, 0.15) is 51.8 Å². The van der Waals surface area contributed by atoms with E-state index in [1.807, 2.05) is 59.8 Å². The van der Waals surface area contributed by atoms with E-state index in [-0.39, 0.29) is 207 Å². The third-order valence-corrected chi connectivity index (χ3v) is 25.9. The average Bonchev–Trinajstić information content (AvgIpc) is 0.728. The normalized spacial score (nSPS) is 13.4. The largest absolute Gasteiger partial charge is 0.503 e. The van der Waals surface area contributed by atoms with Crippen LogP contribution in [0.4, 0.5) is 47.8 Å². The van der Waals surface area contributed by atoms with Crippen LogP contribution in [-0.2, 0) is 14.4 Å². The van der Waals surface area contributed by atoms with E-state index < -0.39 is 122 Å². The number of aromatic hydroxyl groups is 3. The van der Waals surface area contributed by atoms with E-state index in [0.29, 0.717) is 50.8 Å². The molecule has 12 heterocycles. The lowest BCUT2D eigenvalue weighted by Gasteiger charge is -2.36. The first kappa shape index (κ1) is 99.4. The Balaban J connectivity index is 0.000000171. The molecule has 3 amide bonds. The molecule has 3 fully saturated rings. The highest BCUT2D eigenvalue weighted by atomic mass is 35.5. The topological polar surface area (TPSA) is 346 Å². The number of nitriles is 3. The van der Waals surface area contributed by atoms with Crippen molar-refractivity contribution in [2.45, 2.75) is 80.1 Å². The van der Waals surface area contributed by atoms with E-state index in [1.54, 1.807) is 87.0 Å². The van der Waals surface area contributed by atoms with E-state index in [4.69, 9.17) is 92.8 Å². The number of hydrogen-bond donors (Lipinski definition) is 3. The number of nitrogens with zero attached hydrogens (tertiary/aromatic N) is 18. The van der Waals surface area contributed by atoms with Crippen LogP contribution in [0.5, 0.6) is 17.2 Å². The molecule has 27 nitrogen and oxygen atoms in total. The minimum Gasteiger partial charge on any atom is -0.503 e. The van der Waals surface area contributed by atoms with Gasteiger partial charge in [0.15, 0.2) is 52.2 Å². The molecular formula is C93H75Cl8F7N18O9. The summed E-state index contributed by atoms with van der Waals surface area (Å²) < 4.78 is 107. The molecule has 12 aromatic rings. The number of carbonyl (C=O) groups is 3. The quantitative estimate of drug-likeness (QED) is 0.0371. The van der Waals surface area contributed by atoms with Crippen LogP contribution in [-0.4, -0.2) is 170 Å². The second-order valence-electron chi connectivity index (χ2n) is 32.0. The van der Waals surface area contributed by atoms with Crippen molar-refractivity contribution in [3.63, 3.8) is 0 Å². The lowest BCUT2D eigenvalue weighted by molar-refractivity contribution is -0.127. The summed E-state index contributed by atoms with van der Waals surface area (Å²) in [5, 5.41) is 57.6. The smallest absolute Gasteiger partial charge is 0.276 e. The van der Waals surface area contributed by atoms with Gasteiger partial charge in [-0.3, -0.25) is 57.4 Å². The second-order valence-corrected chi connectivity index (χ2v) is 35.1. The standard InChI is InChI=1S/2C31H25Cl3F2N6O3.C31H25Cl2F3N6O3/c2*1-5-19(43)40-8-10-41(11-9-40)28-16-12-18(32)26(20-21(33)22(34)24(36)29(44)23(20)35)39-30(16)42(31(45)17(28)13-37)27-15(4)6-7-38-25(27)14(2)3;1-5-19(43)40-8-10-41(11-9-40)28-16-12-18(32)26(20-21(33)23(35)24(36)29(44)22(20)34)39-30(16)42(31(45)17(28)13-37)27-15(4)6-7-38-25(27)14(2)3/h3*5-7,12,14,44H,1,8-11H2,2-4H3. The van der Waals surface area contributed by atoms with Crippen molar-refractivity contribution in [1.29, 1.82) is 15.8 Å². The molecule has 0 radical (unpaired) electrons. The van der Waals surface area contributed by atoms with Crippen LogP contribution in [0.25, 0.3) is 83.9 Å². The molecule has 0 spiro atoms. The van der Waals surface area contributed by atoms with E-state index in [9.17, 15) is 77.4 Å². The lowest BCUT2D eigenvalue weighted by atomic mass is 10.0. The average molecular weight is 2010 g/mol. The Kier molecular flexibility index (Phi) is 29.3. The molecule has 0 unspecified atom stereocenters. The molecule has 0 bridgehead atoms. The fourth-order valence-corrected chi connectivity index (χ4v) is 18.3. The number of aryl methyl sites for hydroxylation is 3. The van der Waals surface area contributed by atoms with Gasteiger partial charge in [-0.15, -0.1) is 0 Å². The zero-order valence-corrected chi connectivity index (χ0v) is 78.8. The molecule has 15 rings (SSSR count). The number of anilines is 3. The fraction of sp³-hybridized carbons (Fsp3) is 0.258. The summed E-state index contributed by atoms with van der Waals surface area (Å²) in [7, 11) is 0. The summed E-state index contributed by atoms with van der Waals surface area (Å²) in [6, 6.07) is 15.3. The highest BCUT2D eigenvalue weighted by Gasteiger charge is 2.39. The van der Waals surface area contributed by atoms with Crippen molar-refractivity contribution in [3.8, 4) is 86.3 Å². The Morgan fingerprint density at radius 3 is 0.859 bits per heavy atom. The maximum absolute atomic E-state index is 15.4. The molecule has 0 aliphatic carbocycles. The van der Waals surface area contributed by atoms with Crippen LogP contribution in [0.2, 0.25) is 40.2 Å². The van der Waals surface area contributed by atoms with Crippen molar-refractivity contribution in [3.05, 3.63) is 255 Å². The predicted molar refractivity (Wildman–Crippen MR) is 504 cm³/mol. The van der Waals surface area contributed by atoms with Gasteiger partial charge in [0.2, 0.25) is 23.5 Å². The number of halogens is 15.